The van der Waals surface area contributed by atoms with Gasteiger partial charge in [0.15, 0.2) is 5.82 Å². The number of rotatable bonds is 6. The number of amides is 1. The van der Waals surface area contributed by atoms with Crippen LogP contribution in [-0.2, 0) is 0 Å². The number of carbonyl (C=O) groups is 1. The molecule has 1 amide bonds. The molecule has 4 aromatic rings. The average molecular weight is 571 g/mol. The van der Waals surface area contributed by atoms with Crippen LogP contribution < -0.4 is 10.2 Å². The Labute approximate surface area is 222 Å². The summed E-state index contributed by atoms with van der Waals surface area (Å²) in [6, 6.07) is 5.14. The van der Waals surface area contributed by atoms with E-state index in [4.69, 9.17) is 4.52 Å². The van der Waals surface area contributed by atoms with Crippen LogP contribution in [0.15, 0.2) is 39.7 Å². The molecular weight excluding hydrogens is 543 g/mol. The van der Waals surface area contributed by atoms with Crippen LogP contribution in [0.1, 0.15) is 54.8 Å². The van der Waals surface area contributed by atoms with Gasteiger partial charge in [0.1, 0.15) is 23.6 Å². The quantitative estimate of drug-likeness (QED) is 0.340. The van der Waals surface area contributed by atoms with E-state index in [-0.39, 0.29) is 29.1 Å². The third-order valence-corrected chi connectivity index (χ3v) is 7.12. The summed E-state index contributed by atoms with van der Waals surface area (Å²) in [6.45, 7) is 5.63. The summed E-state index contributed by atoms with van der Waals surface area (Å²) in [6.07, 6.45) is 5.22. The maximum atomic E-state index is 14.9. The van der Waals surface area contributed by atoms with Gasteiger partial charge in [-0.05, 0) is 47.0 Å². The molecule has 0 unspecified atom stereocenters. The van der Waals surface area contributed by atoms with Crippen molar-refractivity contribution in [2.45, 2.75) is 38.6 Å². The smallest absolute Gasteiger partial charge is 0.324 e. The monoisotopic (exact) mass is 570 g/mol. The molecule has 1 fully saturated rings. The van der Waals surface area contributed by atoms with Gasteiger partial charge >= 0.3 is 6.01 Å². The highest BCUT2D eigenvalue weighted by molar-refractivity contribution is 9.10. The topological polar surface area (TPSA) is 105 Å². The first-order chi connectivity index (χ1) is 17.7. The summed E-state index contributed by atoms with van der Waals surface area (Å²) in [5.74, 6) is 0.604. The number of nitrogens with zero attached hydrogens (tertiary/aromatic N) is 7. The molecule has 5 rings (SSSR count). The number of fused-ring (bicyclic) bond motifs is 1. The number of anilines is 3. The molecule has 37 heavy (non-hydrogen) atoms. The lowest BCUT2D eigenvalue weighted by Gasteiger charge is -2.31. The number of aromatic nitrogens is 5. The minimum absolute atomic E-state index is 0.216. The second-order valence-corrected chi connectivity index (χ2v) is 10.5. The fourth-order valence-corrected chi connectivity index (χ4v) is 5.06. The molecule has 0 spiro atoms. The second-order valence-electron chi connectivity index (χ2n) is 9.63. The molecule has 1 aliphatic rings. The van der Waals surface area contributed by atoms with E-state index in [1.807, 2.05) is 20.0 Å². The van der Waals surface area contributed by atoms with Gasteiger partial charge in [-0.1, -0.05) is 19.0 Å². The Morgan fingerprint density at radius 3 is 2.65 bits per heavy atom. The molecule has 0 saturated carbocycles. The predicted molar refractivity (Wildman–Crippen MR) is 142 cm³/mol. The fourth-order valence-electron chi connectivity index (χ4n) is 4.47. The molecule has 12 heteroatoms. The van der Waals surface area contributed by atoms with Gasteiger partial charge in [-0.2, -0.15) is 4.98 Å². The Morgan fingerprint density at radius 1 is 1.24 bits per heavy atom. The normalized spacial score (nSPS) is 14.5. The highest BCUT2D eigenvalue weighted by Gasteiger charge is 2.27. The third-order valence-electron chi connectivity index (χ3n) is 6.51. The van der Waals surface area contributed by atoms with Gasteiger partial charge in [-0.15, -0.1) is 0 Å². The van der Waals surface area contributed by atoms with E-state index in [1.54, 1.807) is 26.2 Å². The first-order valence-electron chi connectivity index (χ1n) is 12.1. The van der Waals surface area contributed by atoms with Gasteiger partial charge < -0.3 is 24.2 Å². The first kappa shape index (κ1) is 25.1. The molecule has 1 aromatic carbocycles. The van der Waals surface area contributed by atoms with Gasteiger partial charge in [0.05, 0.1) is 11.1 Å². The zero-order valence-electron chi connectivity index (χ0n) is 21.1. The molecule has 1 aliphatic heterocycles. The second kappa shape index (κ2) is 10.1. The lowest BCUT2D eigenvalue weighted by atomic mass is 10.1. The standard InChI is InChI=1S/C25H28BrFN8O2/c1-14(2)21-31-25(37-32-21)34-9-7-16(8-10-34)35-12-17(26)20-22(28-13-29-23(20)35)30-19-6-5-15(11-18(19)27)24(36)33(3)4/h5-6,11-14,16H,7-10H2,1-4H3,(H,28,29,30). The molecule has 0 radical (unpaired) electrons. The maximum Gasteiger partial charge on any atom is 0.324 e. The summed E-state index contributed by atoms with van der Waals surface area (Å²) >= 11 is 3.65. The molecule has 0 atom stereocenters. The van der Waals surface area contributed by atoms with Crippen LogP contribution in [0.5, 0.6) is 0 Å². The van der Waals surface area contributed by atoms with Crippen LogP contribution in [0, 0.1) is 5.82 Å². The molecular formula is C25H28BrFN8O2. The number of halogens is 2. The van der Waals surface area contributed by atoms with Crippen molar-refractivity contribution in [1.82, 2.24) is 29.6 Å². The number of benzene rings is 1. The van der Waals surface area contributed by atoms with Gasteiger partial charge in [0.2, 0.25) is 0 Å². The first-order valence-corrected chi connectivity index (χ1v) is 12.9. The van der Waals surface area contributed by atoms with Crippen LogP contribution >= 0.6 is 15.9 Å². The summed E-state index contributed by atoms with van der Waals surface area (Å²) < 4.78 is 23.3. The van der Waals surface area contributed by atoms with E-state index >= 15 is 0 Å². The van der Waals surface area contributed by atoms with E-state index in [2.05, 4.69) is 50.8 Å². The predicted octanol–water partition coefficient (Wildman–Crippen LogP) is 5.13. The maximum absolute atomic E-state index is 14.9. The minimum atomic E-state index is -0.538. The number of hydrogen-bond acceptors (Lipinski definition) is 8. The highest BCUT2D eigenvalue weighted by Crippen LogP contribution is 2.36. The molecule has 4 heterocycles. The van der Waals surface area contributed by atoms with Crippen LogP contribution in [0.2, 0.25) is 0 Å². The van der Waals surface area contributed by atoms with Crippen molar-refractivity contribution in [2.75, 3.05) is 37.4 Å². The van der Waals surface area contributed by atoms with Crippen molar-refractivity contribution in [3.05, 3.63) is 52.4 Å². The Bertz CT molecular complexity index is 1440. The Kier molecular flexibility index (Phi) is 6.84. The van der Waals surface area contributed by atoms with Gasteiger partial charge in [0, 0.05) is 55.4 Å². The lowest BCUT2D eigenvalue weighted by Crippen LogP contribution is -2.34. The Hall–Kier alpha value is -3.54. The zero-order chi connectivity index (χ0) is 26.3. The Balaban J connectivity index is 1.36. The van der Waals surface area contributed by atoms with Gasteiger partial charge in [-0.3, -0.25) is 4.79 Å². The van der Waals surface area contributed by atoms with Crippen LogP contribution in [-0.4, -0.2) is 62.7 Å². The molecule has 10 nitrogen and oxygen atoms in total. The van der Waals surface area contributed by atoms with Crippen LogP contribution in [0.3, 0.4) is 0 Å². The molecule has 0 aliphatic carbocycles. The van der Waals surface area contributed by atoms with Gasteiger partial charge in [0.25, 0.3) is 5.91 Å². The van der Waals surface area contributed by atoms with Crippen molar-refractivity contribution in [1.29, 1.82) is 0 Å². The molecule has 1 N–H and O–H groups in total. The third kappa shape index (κ3) is 4.89. The van der Waals surface area contributed by atoms with E-state index < -0.39 is 5.82 Å². The molecule has 0 bridgehead atoms. The van der Waals surface area contributed by atoms with Crippen molar-refractivity contribution >= 4 is 50.4 Å². The van der Waals surface area contributed by atoms with E-state index in [9.17, 15) is 9.18 Å². The summed E-state index contributed by atoms with van der Waals surface area (Å²) in [5, 5.41) is 7.91. The SMILES string of the molecule is CC(C)c1noc(N2CCC(n3cc(Br)c4c(Nc5ccc(C(=O)N(C)C)cc5F)ncnc43)CC2)n1. The van der Waals surface area contributed by atoms with Crippen molar-refractivity contribution in [2.24, 2.45) is 0 Å². The largest absolute Gasteiger partial charge is 0.345 e. The minimum Gasteiger partial charge on any atom is -0.345 e. The van der Waals surface area contributed by atoms with Crippen LogP contribution in [0.25, 0.3) is 11.0 Å². The summed E-state index contributed by atoms with van der Waals surface area (Å²) in [4.78, 5) is 29.1. The molecule has 3 aromatic heterocycles. The number of hydrogen-bond donors (Lipinski definition) is 1. The van der Waals surface area contributed by atoms with Crippen molar-refractivity contribution in [3.8, 4) is 0 Å². The van der Waals surface area contributed by atoms with Crippen molar-refractivity contribution in [3.63, 3.8) is 0 Å². The van der Waals surface area contributed by atoms with E-state index in [0.29, 0.717) is 17.7 Å². The summed E-state index contributed by atoms with van der Waals surface area (Å²) in [5.41, 5.74) is 1.26. The average Bonchev–Trinajstić information content (AvgIpc) is 3.51. The van der Waals surface area contributed by atoms with Crippen LogP contribution in [0.4, 0.5) is 21.9 Å². The number of nitrogens with one attached hydrogen (secondary N) is 1. The zero-order valence-corrected chi connectivity index (χ0v) is 22.7. The fraction of sp³-hybridized carbons (Fsp3) is 0.400. The van der Waals surface area contributed by atoms with E-state index in [1.165, 1.54) is 17.3 Å². The molecule has 194 valence electrons. The number of carbonyl (C=O) groups excluding carboxylic acids is 1. The lowest BCUT2D eigenvalue weighted by molar-refractivity contribution is 0.0827. The summed E-state index contributed by atoms with van der Waals surface area (Å²) in [7, 11) is 3.26. The Morgan fingerprint density at radius 2 is 2.00 bits per heavy atom. The van der Waals surface area contributed by atoms with Crippen molar-refractivity contribution < 1.29 is 13.7 Å². The van der Waals surface area contributed by atoms with Gasteiger partial charge in [-0.25, -0.2) is 14.4 Å². The highest BCUT2D eigenvalue weighted by atomic mass is 79.9. The van der Waals surface area contributed by atoms with E-state index in [0.717, 1.165) is 41.4 Å². The molecule has 1 saturated heterocycles. The number of piperidine rings is 1.